The van der Waals surface area contributed by atoms with Crippen molar-refractivity contribution in [1.82, 2.24) is 15.2 Å². The first kappa shape index (κ1) is 19.7. The highest BCUT2D eigenvalue weighted by molar-refractivity contribution is 8.01. The van der Waals surface area contributed by atoms with E-state index in [2.05, 4.69) is 25.8 Å². The molecule has 0 atom stereocenters. The molecule has 0 spiro atoms. The number of carbonyl (C=O) groups is 1. The number of hydrogen-bond donors (Lipinski definition) is 2. The number of nitro groups is 1. The van der Waals surface area contributed by atoms with Gasteiger partial charge in [0.1, 0.15) is 0 Å². The summed E-state index contributed by atoms with van der Waals surface area (Å²) in [6, 6.07) is 12.2. The van der Waals surface area contributed by atoms with Crippen LogP contribution in [0.2, 0.25) is 0 Å². The third-order valence-corrected chi connectivity index (χ3v) is 5.96. The molecule has 0 unspecified atom stereocenters. The Bertz CT molecular complexity index is 1260. The Morgan fingerprint density at radius 3 is 2.77 bits per heavy atom. The lowest BCUT2D eigenvalue weighted by molar-refractivity contribution is -0.383. The number of rotatable bonds is 6. The van der Waals surface area contributed by atoms with Crippen molar-refractivity contribution < 1.29 is 9.72 Å². The minimum atomic E-state index is -0.416. The third kappa shape index (κ3) is 4.36. The van der Waals surface area contributed by atoms with Crippen LogP contribution in [0, 0.1) is 10.1 Å². The number of carbonyl (C=O) groups excluding carboxylic acids is 1. The van der Waals surface area contributed by atoms with Crippen LogP contribution in [0.3, 0.4) is 0 Å². The van der Waals surface area contributed by atoms with E-state index in [0.717, 1.165) is 16.0 Å². The molecule has 2 aromatic heterocycles. The summed E-state index contributed by atoms with van der Waals surface area (Å²) in [5.74, 6) is -0.146. The van der Waals surface area contributed by atoms with Gasteiger partial charge >= 0.3 is 0 Å². The summed E-state index contributed by atoms with van der Waals surface area (Å²) in [6.45, 7) is 1.45. The number of hydrogen-bond acceptors (Lipinski definition) is 9. The zero-order chi connectivity index (χ0) is 21.1. The molecule has 30 heavy (non-hydrogen) atoms. The predicted molar refractivity (Wildman–Crippen MR) is 116 cm³/mol. The number of anilines is 3. The molecule has 9 nitrogen and oxygen atoms in total. The molecular formula is C19H14N6O3S2. The predicted octanol–water partition coefficient (Wildman–Crippen LogP) is 4.85. The molecule has 0 aliphatic carbocycles. The second kappa shape index (κ2) is 8.43. The van der Waals surface area contributed by atoms with Crippen molar-refractivity contribution >= 4 is 62.0 Å². The van der Waals surface area contributed by atoms with Crippen LogP contribution in [0.15, 0.2) is 64.1 Å². The molecule has 0 radical (unpaired) electrons. The lowest BCUT2D eigenvalue weighted by atomic mass is 10.1. The van der Waals surface area contributed by atoms with E-state index in [4.69, 9.17) is 0 Å². The first-order valence-electron chi connectivity index (χ1n) is 8.67. The molecule has 150 valence electrons. The Morgan fingerprint density at radius 1 is 1.13 bits per heavy atom. The van der Waals surface area contributed by atoms with E-state index in [0.29, 0.717) is 20.5 Å². The molecule has 11 heteroatoms. The topological polar surface area (TPSA) is 123 Å². The number of nitro benzene ring substituents is 1. The van der Waals surface area contributed by atoms with E-state index < -0.39 is 4.92 Å². The fourth-order valence-electron chi connectivity index (χ4n) is 2.79. The van der Waals surface area contributed by atoms with Gasteiger partial charge in [-0.2, -0.15) is 0 Å². The van der Waals surface area contributed by atoms with E-state index >= 15 is 0 Å². The summed E-state index contributed by atoms with van der Waals surface area (Å²) in [4.78, 5) is 26.9. The molecule has 0 saturated carbocycles. The van der Waals surface area contributed by atoms with Crippen molar-refractivity contribution in [3.05, 3.63) is 65.0 Å². The van der Waals surface area contributed by atoms with Gasteiger partial charge in [0.25, 0.3) is 5.69 Å². The van der Waals surface area contributed by atoms with E-state index in [9.17, 15) is 14.9 Å². The van der Waals surface area contributed by atoms with Crippen LogP contribution in [0.25, 0.3) is 10.8 Å². The molecule has 0 aliphatic heterocycles. The van der Waals surface area contributed by atoms with Crippen molar-refractivity contribution in [2.24, 2.45) is 0 Å². The summed E-state index contributed by atoms with van der Waals surface area (Å²) < 4.78 is 0.683. The van der Waals surface area contributed by atoms with E-state index in [1.54, 1.807) is 30.5 Å². The SMILES string of the molecule is CC(=O)Nc1cccc(Nc2nnc(Sc3ccc([N+](=O)[O-])c4cnccc34)s2)c1. The quantitative estimate of drug-likeness (QED) is 0.323. The van der Waals surface area contributed by atoms with Crippen LogP contribution in [0.5, 0.6) is 0 Å². The average molecular weight is 438 g/mol. The van der Waals surface area contributed by atoms with Crippen molar-refractivity contribution in [2.75, 3.05) is 10.6 Å². The van der Waals surface area contributed by atoms with Crippen LogP contribution >= 0.6 is 23.1 Å². The highest BCUT2D eigenvalue weighted by atomic mass is 32.2. The number of non-ortho nitro benzene ring substituents is 1. The maximum Gasteiger partial charge on any atom is 0.278 e. The fourth-order valence-corrected chi connectivity index (χ4v) is 4.66. The van der Waals surface area contributed by atoms with Gasteiger partial charge in [0.15, 0.2) is 4.34 Å². The van der Waals surface area contributed by atoms with Crippen molar-refractivity contribution in [3.63, 3.8) is 0 Å². The Kier molecular flexibility index (Phi) is 5.55. The molecule has 0 bridgehead atoms. The molecule has 4 aromatic rings. The lowest BCUT2D eigenvalue weighted by Gasteiger charge is -2.06. The molecule has 2 heterocycles. The summed E-state index contributed by atoms with van der Waals surface area (Å²) in [6.07, 6.45) is 3.10. The van der Waals surface area contributed by atoms with Gasteiger partial charge in [0.2, 0.25) is 11.0 Å². The standard InChI is InChI=1S/C19H14N6O3S2/c1-11(26)21-12-3-2-4-13(9-12)22-18-23-24-19(30-18)29-17-6-5-16(25(27)28)15-10-20-8-7-14(15)17/h2-10H,1H3,(H,21,26)(H,22,23). The van der Waals surface area contributed by atoms with E-state index in [1.165, 1.54) is 42.3 Å². The number of amides is 1. The third-order valence-electron chi connectivity index (χ3n) is 3.99. The fraction of sp³-hybridized carbons (Fsp3) is 0.0526. The van der Waals surface area contributed by atoms with Crippen LogP contribution in [-0.2, 0) is 4.79 Å². The van der Waals surface area contributed by atoms with Gasteiger partial charge in [-0.05, 0) is 30.3 Å². The minimum Gasteiger partial charge on any atom is -0.330 e. The zero-order valence-electron chi connectivity index (χ0n) is 15.5. The second-order valence-electron chi connectivity index (χ2n) is 6.12. The first-order valence-corrected chi connectivity index (χ1v) is 10.3. The number of nitrogens with one attached hydrogen (secondary N) is 2. The van der Waals surface area contributed by atoms with Gasteiger partial charge < -0.3 is 10.6 Å². The monoisotopic (exact) mass is 438 g/mol. The molecule has 2 aromatic carbocycles. The van der Waals surface area contributed by atoms with Crippen molar-refractivity contribution in [3.8, 4) is 0 Å². The number of aromatic nitrogens is 3. The number of pyridine rings is 1. The van der Waals surface area contributed by atoms with Gasteiger partial charge in [0.05, 0.1) is 10.3 Å². The van der Waals surface area contributed by atoms with E-state index in [1.807, 2.05) is 12.1 Å². The number of fused-ring (bicyclic) bond motifs is 1. The molecule has 0 fully saturated rings. The normalized spacial score (nSPS) is 10.7. The van der Waals surface area contributed by atoms with E-state index in [-0.39, 0.29) is 11.6 Å². The van der Waals surface area contributed by atoms with Crippen LogP contribution in [0.1, 0.15) is 6.92 Å². The van der Waals surface area contributed by atoms with Gasteiger partial charge in [-0.1, -0.05) is 29.2 Å². The maximum absolute atomic E-state index is 11.3. The maximum atomic E-state index is 11.3. The number of nitrogens with zero attached hydrogens (tertiary/aromatic N) is 4. The Balaban J connectivity index is 1.55. The minimum absolute atomic E-state index is 0.0149. The summed E-state index contributed by atoms with van der Waals surface area (Å²) in [7, 11) is 0. The van der Waals surface area contributed by atoms with Crippen LogP contribution in [0.4, 0.5) is 22.2 Å². The Morgan fingerprint density at radius 2 is 1.97 bits per heavy atom. The lowest BCUT2D eigenvalue weighted by Crippen LogP contribution is -2.05. The Labute approximate surface area is 178 Å². The van der Waals surface area contributed by atoms with Crippen molar-refractivity contribution in [2.45, 2.75) is 16.2 Å². The smallest absolute Gasteiger partial charge is 0.278 e. The summed E-state index contributed by atoms with van der Waals surface area (Å²) in [5, 5.41) is 27.3. The van der Waals surface area contributed by atoms with Crippen LogP contribution in [-0.4, -0.2) is 26.0 Å². The van der Waals surface area contributed by atoms with Gasteiger partial charge in [-0.3, -0.25) is 19.9 Å². The summed E-state index contributed by atoms with van der Waals surface area (Å²) in [5.41, 5.74) is 1.46. The largest absolute Gasteiger partial charge is 0.330 e. The second-order valence-corrected chi connectivity index (χ2v) is 8.39. The highest BCUT2D eigenvalue weighted by Gasteiger charge is 2.16. The highest BCUT2D eigenvalue weighted by Crippen LogP contribution is 2.39. The first-order chi connectivity index (χ1) is 14.5. The molecule has 0 saturated heterocycles. The molecule has 0 aliphatic rings. The molecular weight excluding hydrogens is 424 g/mol. The number of benzene rings is 2. The van der Waals surface area contributed by atoms with Crippen molar-refractivity contribution in [1.29, 1.82) is 0 Å². The van der Waals surface area contributed by atoms with Crippen LogP contribution < -0.4 is 10.6 Å². The summed E-state index contributed by atoms with van der Waals surface area (Å²) >= 11 is 2.73. The van der Waals surface area contributed by atoms with Gasteiger partial charge in [0, 0.05) is 47.0 Å². The van der Waals surface area contributed by atoms with Gasteiger partial charge in [-0.25, -0.2) is 0 Å². The molecule has 4 rings (SSSR count). The Hall–Kier alpha value is -3.57. The molecule has 2 N–H and O–H groups in total. The average Bonchev–Trinajstić information content (AvgIpc) is 3.14. The van der Waals surface area contributed by atoms with Gasteiger partial charge in [-0.15, -0.1) is 10.2 Å². The zero-order valence-corrected chi connectivity index (χ0v) is 17.2. The molecule has 1 amide bonds.